The fourth-order valence-electron chi connectivity index (χ4n) is 1.71. The van der Waals surface area contributed by atoms with Crippen molar-refractivity contribution in [1.29, 1.82) is 0 Å². The number of pyridine rings is 1. The first kappa shape index (κ1) is 15.4. The highest BCUT2D eigenvalue weighted by atomic mass is 32.1. The molecule has 0 spiro atoms. The van der Waals surface area contributed by atoms with Gasteiger partial charge in [-0.25, -0.2) is 4.98 Å². The van der Waals surface area contributed by atoms with E-state index in [1.165, 1.54) is 11.3 Å². The van der Waals surface area contributed by atoms with Crippen molar-refractivity contribution < 1.29 is 4.79 Å². The summed E-state index contributed by atoms with van der Waals surface area (Å²) in [7, 11) is 0. The number of thiazole rings is 1. The largest absolute Gasteiger partial charge is 0.385 e. The average molecular weight is 304 g/mol. The van der Waals surface area contributed by atoms with Gasteiger partial charge in [0.1, 0.15) is 5.69 Å². The fraction of sp³-hybridized carbons (Fsp3) is 0.400. The molecule has 21 heavy (non-hydrogen) atoms. The molecule has 2 rings (SSSR count). The second-order valence-electron chi connectivity index (χ2n) is 5.70. The van der Waals surface area contributed by atoms with Crippen LogP contribution in [0.25, 0.3) is 0 Å². The summed E-state index contributed by atoms with van der Waals surface area (Å²) in [5, 5.41) is 8.52. The minimum absolute atomic E-state index is 0.0251. The third-order valence-electron chi connectivity index (χ3n) is 2.87. The van der Waals surface area contributed by atoms with Crippen molar-refractivity contribution in [3.8, 4) is 0 Å². The van der Waals surface area contributed by atoms with E-state index in [0.29, 0.717) is 10.8 Å². The van der Waals surface area contributed by atoms with Gasteiger partial charge in [0, 0.05) is 29.2 Å². The van der Waals surface area contributed by atoms with Crippen molar-refractivity contribution in [2.24, 2.45) is 0 Å². The quantitative estimate of drug-likeness (QED) is 0.907. The summed E-state index contributed by atoms with van der Waals surface area (Å²) in [4.78, 5) is 20.7. The maximum atomic E-state index is 12.2. The first-order valence-electron chi connectivity index (χ1n) is 6.87. The molecule has 6 heteroatoms. The molecule has 0 fully saturated rings. The van der Waals surface area contributed by atoms with Crippen LogP contribution in [0.4, 0.5) is 10.8 Å². The van der Waals surface area contributed by atoms with Gasteiger partial charge < -0.3 is 5.32 Å². The van der Waals surface area contributed by atoms with Gasteiger partial charge in [-0.15, -0.1) is 11.3 Å². The molecule has 2 aromatic rings. The van der Waals surface area contributed by atoms with E-state index in [1.807, 2.05) is 18.4 Å². The average Bonchev–Trinajstić information content (AvgIpc) is 2.88. The molecule has 0 aliphatic carbocycles. The topological polar surface area (TPSA) is 66.9 Å². The minimum atomic E-state index is -0.246. The van der Waals surface area contributed by atoms with Gasteiger partial charge in [0.2, 0.25) is 0 Å². The van der Waals surface area contributed by atoms with Gasteiger partial charge in [0.15, 0.2) is 5.13 Å². The number of carbonyl (C=O) groups is 1. The van der Waals surface area contributed by atoms with Gasteiger partial charge in [-0.2, -0.15) is 0 Å². The Morgan fingerprint density at radius 3 is 2.76 bits per heavy atom. The molecule has 0 aromatic carbocycles. The van der Waals surface area contributed by atoms with Crippen LogP contribution >= 0.6 is 11.3 Å². The Hall–Kier alpha value is -1.95. The summed E-state index contributed by atoms with van der Waals surface area (Å²) in [6.45, 7) is 9.08. The number of nitrogens with one attached hydrogen (secondary N) is 2. The van der Waals surface area contributed by atoms with E-state index in [1.54, 1.807) is 12.3 Å². The molecule has 0 saturated heterocycles. The van der Waals surface area contributed by atoms with E-state index in [0.717, 1.165) is 17.9 Å². The molecule has 0 atom stereocenters. The lowest BCUT2D eigenvalue weighted by Gasteiger charge is -2.14. The molecule has 5 nitrogen and oxygen atoms in total. The SMILES string of the molecule is CCNc1ccnc(C(=O)Nc2nc(C(C)(C)C)cs2)c1. The van der Waals surface area contributed by atoms with Crippen LogP contribution in [0.5, 0.6) is 0 Å². The third-order valence-corrected chi connectivity index (χ3v) is 3.62. The molecule has 0 aliphatic rings. The van der Waals surface area contributed by atoms with E-state index in [9.17, 15) is 4.79 Å². The molecule has 0 aliphatic heterocycles. The van der Waals surface area contributed by atoms with Crippen molar-refractivity contribution in [2.45, 2.75) is 33.1 Å². The van der Waals surface area contributed by atoms with Crippen LogP contribution < -0.4 is 10.6 Å². The predicted molar refractivity (Wildman–Crippen MR) is 87.2 cm³/mol. The van der Waals surface area contributed by atoms with Crippen LogP contribution in [0.2, 0.25) is 0 Å². The monoisotopic (exact) mass is 304 g/mol. The van der Waals surface area contributed by atoms with E-state index in [4.69, 9.17) is 0 Å². The molecule has 2 aromatic heterocycles. The number of amides is 1. The number of carbonyl (C=O) groups excluding carboxylic acids is 1. The van der Waals surface area contributed by atoms with Gasteiger partial charge in [-0.05, 0) is 19.1 Å². The van der Waals surface area contributed by atoms with E-state index >= 15 is 0 Å². The van der Waals surface area contributed by atoms with Crippen LogP contribution in [0.15, 0.2) is 23.7 Å². The first-order chi connectivity index (χ1) is 9.90. The molecule has 0 unspecified atom stereocenters. The van der Waals surface area contributed by atoms with Crippen molar-refractivity contribution in [3.05, 3.63) is 35.1 Å². The Bertz CT molecular complexity index is 631. The molecule has 2 N–H and O–H groups in total. The van der Waals surface area contributed by atoms with Crippen LogP contribution in [-0.2, 0) is 5.41 Å². The lowest BCUT2D eigenvalue weighted by Crippen LogP contribution is -2.15. The highest BCUT2D eigenvalue weighted by molar-refractivity contribution is 7.14. The Balaban J connectivity index is 2.11. The van der Waals surface area contributed by atoms with Gasteiger partial charge >= 0.3 is 0 Å². The lowest BCUT2D eigenvalue weighted by atomic mass is 9.93. The number of hydrogen-bond donors (Lipinski definition) is 2. The Labute approximate surface area is 128 Å². The van der Waals surface area contributed by atoms with Crippen LogP contribution in [0.1, 0.15) is 43.9 Å². The highest BCUT2D eigenvalue weighted by Crippen LogP contribution is 2.26. The number of nitrogens with zero attached hydrogens (tertiary/aromatic N) is 2. The zero-order chi connectivity index (χ0) is 15.5. The highest BCUT2D eigenvalue weighted by Gasteiger charge is 2.18. The third kappa shape index (κ3) is 4.01. The van der Waals surface area contributed by atoms with E-state index < -0.39 is 0 Å². The summed E-state index contributed by atoms with van der Waals surface area (Å²) in [6, 6.07) is 3.57. The zero-order valence-electron chi connectivity index (χ0n) is 12.7. The zero-order valence-corrected chi connectivity index (χ0v) is 13.5. The van der Waals surface area contributed by atoms with Crippen LogP contribution in [0, 0.1) is 0 Å². The second kappa shape index (κ2) is 6.22. The standard InChI is InChI=1S/C15H20N4OS/c1-5-16-10-6-7-17-11(8-10)13(20)19-14-18-12(9-21-14)15(2,3)4/h6-9H,5H2,1-4H3,(H,16,17)(H,18,19,20). The molecule has 112 valence electrons. The van der Waals surface area contributed by atoms with Crippen molar-refractivity contribution in [3.63, 3.8) is 0 Å². The van der Waals surface area contributed by atoms with Gasteiger partial charge in [-0.3, -0.25) is 15.1 Å². The minimum Gasteiger partial charge on any atom is -0.385 e. The van der Waals surface area contributed by atoms with Crippen molar-refractivity contribution in [1.82, 2.24) is 9.97 Å². The van der Waals surface area contributed by atoms with E-state index in [-0.39, 0.29) is 11.3 Å². The Morgan fingerprint density at radius 1 is 1.38 bits per heavy atom. The number of anilines is 2. The van der Waals surface area contributed by atoms with Crippen molar-refractivity contribution >= 4 is 28.1 Å². The number of rotatable bonds is 4. The normalized spacial score (nSPS) is 11.2. The smallest absolute Gasteiger partial charge is 0.276 e. The molecule has 1 amide bonds. The molecular weight excluding hydrogens is 284 g/mol. The van der Waals surface area contributed by atoms with E-state index in [2.05, 4.69) is 41.4 Å². The summed E-state index contributed by atoms with van der Waals surface area (Å²) >= 11 is 1.43. The lowest BCUT2D eigenvalue weighted by molar-refractivity contribution is 0.102. The molecular formula is C15H20N4OS. The van der Waals surface area contributed by atoms with Crippen LogP contribution in [-0.4, -0.2) is 22.4 Å². The van der Waals surface area contributed by atoms with Gasteiger partial charge in [-0.1, -0.05) is 20.8 Å². The molecule has 0 radical (unpaired) electrons. The maximum Gasteiger partial charge on any atom is 0.276 e. The predicted octanol–water partition coefficient (Wildman–Crippen LogP) is 3.52. The number of hydrogen-bond acceptors (Lipinski definition) is 5. The Morgan fingerprint density at radius 2 is 2.14 bits per heavy atom. The second-order valence-corrected chi connectivity index (χ2v) is 6.56. The molecule has 2 heterocycles. The Kier molecular flexibility index (Phi) is 4.57. The number of aromatic nitrogens is 2. The maximum absolute atomic E-state index is 12.2. The fourth-order valence-corrected chi connectivity index (χ4v) is 2.64. The van der Waals surface area contributed by atoms with Crippen molar-refractivity contribution in [2.75, 3.05) is 17.2 Å². The van der Waals surface area contributed by atoms with Gasteiger partial charge in [0.05, 0.1) is 5.69 Å². The van der Waals surface area contributed by atoms with Gasteiger partial charge in [0.25, 0.3) is 5.91 Å². The molecule has 0 saturated carbocycles. The summed E-state index contributed by atoms with van der Waals surface area (Å²) < 4.78 is 0. The summed E-state index contributed by atoms with van der Waals surface area (Å²) in [6.07, 6.45) is 1.62. The molecule has 0 bridgehead atoms. The summed E-state index contributed by atoms with van der Waals surface area (Å²) in [5.74, 6) is -0.246. The summed E-state index contributed by atoms with van der Waals surface area (Å²) in [5.41, 5.74) is 2.20. The first-order valence-corrected chi connectivity index (χ1v) is 7.75. The van der Waals surface area contributed by atoms with Crippen LogP contribution in [0.3, 0.4) is 0 Å².